The van der Waals surface area contributed by atoms with Crippen LogP contribution in [0.1, 0.15) is 12.8 Å². The Balaban J connectivity index is 1.69. The van der Waals surface area contributed by atoms with Crippen LogP contribution in [0.5, 0.6) is 0 Å². The number of oxazole rings is 1. The van der Waals surface area contributed by atoms with Crippen molar-refractivity contribution in [2.75, 3.05) is 20.2 Å². The highest BCUT2D eigenvalue weighted by Gasteiger charge is 2.31. The molecule has 3 rings (SSSR count). The second-order valence-corrected chi connectivity index (χ2v) is 5.78. The molecule has 6 nitrogen and oxygen atoms in total. The number of halogens is 1. The lowest BCUT2D eigenvalue weighted by Crippen LogP contribution is -2.49. The molecule has 1 saturated heterocycles. The summed E-state index contributed by atoms with van der Waals surface area (Å²) < 4.78 is 29.3. The van der Waals surface area contributed by atoms with Crippen LogP contribution in [0.25, 0.3) is 11.3 Å². The van der Waals surface area contributed by atoms with E-state index >= 15 is 0 Å². The third kappa shape index (κ3) is 3.80. The molecule has 0 aliphatic carbocycles. The number of benzene rings is 1. The highest BCUT2D eigenvalue weighted by molar-refractivity contribution is 5.75. The summed E-state index contributed by atoms with van der Waals surface area (Å²) in [5, 5.41) is 0. The Bertz CT molecular complexity index is 718. The van der Waals surface area contributed by atoms with Gasteiger partial charge in [0, 0.05) is 18.7 Å². The maximum absolute atomic E-state index is 13.3. The van der Waals surface area contributed by atoms with Gasteiger partial charge in [-0.25, -0.2) is 14.2 Å². The lowest BCUT2D eigenvalue weighted by Gasteiger charge is -2.34. The number of ether oxygens (including phenoxy) is 2. The lowest BCUT2D eigenvalue weighted by atomic mass is 10.2. The Morgan fingerprint density at radius 1 is 1.46 bits per heavy atom. The molecule has 0 bridgehead atoms. The van der Waals surface area contributed by atoms with E-state index in [1.165, 1.54) is 19.2 Å². The zero-order chi connectivity index (χ0) is 17.1. The number of esters is 1. The monoisotopic (exact) mass is 334 g/mol. The van der Waals surface area contributed by atoms with Crippen molar-refractivity contribution < 1.29 is 23.1 Å². The predicted molar refractivity (Wildman–Crippen MR) is 83.5 cm³/mol. The van der Waals surface area contributed by atoms with E-state index in [0.29, 0.717) is 36.8 Å². The number of aromatic nitrogens is 1. The molecule has 2 aromatic rings. The van der Waals surface area contributed by atoms with Crippen molar-refractivity contribution in [3.8, 4) is 11.3 Å². The van der Waals surface area contributed by atoms with Crippen LogP contribution in [0.2, 0.25) is 0 Å². The first kappa shape index (κ1) is 16.6. The lowest BCUT2D eigenvalue weighted by molar-refractivity contribution is -0.166. The van der Waals surface area contributed by atoms with Gasteiger partial charge in [-0.3, -0.25) is 4.90 Å². The molecule has 0 amide bonds. The van der Waals surface area contributed by atoms with Gasteiger partial charge < -0.3 is 13.9 Å². The zero-order valence-corrected chi connectivity index (χ0v) is 13.6. The Labute approximate surface area is 139 Å². The molecule has 2 heterocycles. The molecule has 24 heavy (non-hydrogen) atoms. The molecule has 128 valence electrons. The number of morpholine rings is 1. The molecular weight excluding hydrogens is 315 g/mol. The quantitative estimate of drug-likeness (QED) is 0.799. The van der Waals surface area contributed by atoms with Crippen LogP contribution in [-0.2, 0) is 20.8 Å². The first-order valence-electron chi connectivity index (χ1n) is 7.71. The summed E-state index contributed by atoms with van der Waals surface area (Å²) in [5.41, 5.74) is 0.636. The van der Waals surface area contributed by atoms with E-state index < -0.39 is 6.10 Å². The van der Waals surface area contributed by atoms with Gasteiger partial charge in [0.25, 0.3) is 0 Å². The van der Waals surface area contributed by atoms with E-state index in [0.717, 1.165) is 0 Å². The molecule has 2 atom stereocenters. The smallest absolute Gasteiger partial charge is 0.336 e. The van der Waals surface area contributed by atoms with Gasteiger partial charge in [0.2, 0.25) is 5.89 Å². The van der Waals surface area contributed by atoms with Crippen LogP contribution < -0.4 is 0 Å². The number of nitrogens with zero attached hydrogens (tertiary/aromatic N) is 2. The van der Waals surface area contributed by atoms with E-state index in [4.69, 9.17) is 13.9 Å². The Morgan fingerprint density at radius 2 is 2.29 bits per heavy atom. The van der Waals surface area contributed by atoms with Crippen LogP contribution in [-0.4, -0.2) is 48.3 Å². The van der Waals surface area contributed by atoms with Crippen LogP contribution in [0.15, 0.2) is 34.9 Å². The Hall–Kier alpha value is -2.25. The minimum Gasteiger partial charge on any atom is -0.467 e. The van der Waals surface area contributed by atoms with Gasteiger partial charge in [-0.1, -0.05) is 12.1 Å². The summed E-state index contributed by atoms with van der Waals surface area (Å²) in [7, 11) is 1.34. The summed E-state index contributed by atoms with van der Waals surface area (Å²) in [6, 6.07) is 6.16. The van der Waals surface area contributed by atoms with Crippen molar-refractivity contribution in [2.24, 2.45) is 0 Å². The molecular formula is C17H19FN2O4. The number of carbonyl (C=O) groups excluding carboxylic acids is 1. The average Bonchev–Trinajstić information content (AvgIpc) is 3.02. The highest BCUT2D eigenvalue weighted by Crippen LogP contribution is 2.22. The van der Waals surface area contributed by atoms with Gasteiger partial charge >= 0.3 is 5.97 Å². The van der Waals surface area contributed by atoms with E-state index in [1.807, 2.05) is 11.8 Å². The topological polar surface area (TPSA) is 64.8 Å². The van der Waals surface area contributed by atoms with Crippen LogP contribution >= 0.6 is 0 Å². The van der Waals surface area contributed by atoms with Gasteiger partial charge in [-0.05, 0) is 19.1 Å². The van der Waals surface area contributed by atoms with Crippen LogP contribution in [0.4, 0.5) is 4.39 Å². The van der Waals surface area contributed by atoms with E-state index in [1.54, 1.807) is 18.3 Å². The fourth-order valence-corrected chi connectivity index (χ4v) is 2.78. The number of hydrogen-bond donors (Lipinski definition) is 0. The second kappa shape index (κ2) is 7.11. The summed E-state index contributed by atoms with van der Waals surface area (Å²) in [6.07, 6.45) is 0.864. The third-order valence-corrected chi connectivity index (χ3v) is 3.82. The van der Waals surface area contributed by atoms with Gasteiger partial charge in [0.1, 0.15) is 5.82 Å². The standard InChI is InChI=1S/C17H19FN2O4/c1-11-8-20(9-15(23-11)17(21)22-2)10-16-19-7-14(24-16)12-4-3-5-13(18)6-12/h3-7,11,15H,8-10H2,1-2H3/t11-,15+/m1/s1. The second-order valence-electron chi connectivity index (χ2n) is 5.78. The van der Waals surface area contributed by atoms with E-state index in [9.17, 15) is 9.18 Å². The number of rotatable bonds is 4. The van der Waals surface area contributed by atoms with Gasteiger partial charge in [0.05, 0.1) is 26.0 Å². The molecule has 0 radical (unpaired) electrons. The minimum atomic E-state index is -0.614. The first-order valence-corrected chi connectivity index (χ1v) is 7.71. The molecule has 0 unspecified atom stereocenters. The SMILES string of the molecule is COC(=O)[C@@H]1CN(Cc2ncc(-c3cccc(F)c3)o2)C[C@@H](C)O1. The van der Waals surface area contributed by atoms with E-state index in [-0.39, 0.29) is 17.9 Å². The Kier molecular flexibility index (Phi) is 4.92. The highest BCUT2D eigenvalue weighted by atomic mass is 19.1. The van der Waals surface area contributed by atoms with Crippen LogP contribution in [0.3, 0.4) is 0 Å². The van der Waals surface area contributed by atoms with Crippen molar-refractivity contribution >= 4 is 5.97 Å². The van der Waals surface area contributed by atoms with Crippen molar-refractivity contribution in [3.63, 3.8) is 0 Å². The molecule has 1 aliphatic heterocycles. The van der Waals surface area contributed by atoms with Gasteiger partial charge in [-0.2, -0.15) is 0 Å². The largest absolute Gasteiger partial charge is 0.467 e. The predicted octanol–water partition coefficient (Wildman–Crippen LogP) is 2.24. The minimum absolute atomic E-state index is 0.0968. The normalized spacial score (nSPS) is 21.6. The molecule has 0 N–H and O–H groups in total. The summed E-state index contributed by atoms with van der Waals surface area (Å²) >= 11 is 0. The summed E-state index contributed by atoms with van der Waals surface area (Å²) in [5.74, 6) is 0.301. The van der Waals surface area contributed by atoms with Gasteiger partial charge in [0.15, 0.2) is 11.9 Å². The first-order chi connectivity index (χ1) is 11.5. The maximum Gasteiger partial charge on any atom is 0.336 e. The average molecular weight is 334 g/mol. The molecule has 7 heteroatoms. The summed E-state index contributed by atoms with van der Waals surface area (Å²) in [4.78, 5) is 18.0. The van der Waals surface area contributed by atoms with Crippen molar-refractivity contribution in [1.82, 2.24) is 9.88 Å². The molecule has 0 saturated carbocycles. The van der Waals surface area contributed by atoms with Crippen LogP contribution in [0, 0.1) is 5.82 Å². The van der Waals surface area contributed by atoms with E-state index in [2.05, 4.69) is 4.98 Å². The third-order valence-electron chi connectivity index (χ3n) is 3.82. The maximum atomic E-state index is 13.3. The zero-order valence-electron chi connectivity index (χ0n) is 13.6. The fourth-order valence-electron chi connectivity index (χ4n) is 2.78. The summed E-state index contributed by atoms with van der Waals surface area (Å²) in [6.45, 7) is 3.41. The molecule has 1 aromatic carbocycles. The molecule has 1 aromatic heterocycles. The number of hydrogen-bond acceptors (Lipinski definition) is 6. The van der Waals surface area contributed by atoms with Crippen molar-refractivity contribution in [3.05, 3.63) is 42.2 Å². The van der Waals surface area contributed by atoms with Crippen molar-refractivity contribution in [1.29, 1.82) is 0 Å². The molecule has 0 spiro atoms. The van der Waals surface area contributed by atoms with Crippen molar-refractivity contribution in [2.45, 2.75) is 25.7 Å². The number of carbonyl (C=O) groups is 1. The van der Waals surface area contributed by atoms with Gasteiger partial charge in [-0.15, -0.1) is 0 Å². The number of methoxy groups -OCH3 is 1. The molecule has 1 aliphatic rings. The Morgan fingerprint density at radius 3 is 3.04 bits per heavy atom. The fraction of sp³-hybridized carbons (Fsp3) is 0.412. The molecule has 1 fully saturated rings.